The molecule has 1 fully saturated rings. The number of aryl methyl sites for hydroxylation is 1. The van der Waals surface area contributed by atoms with Crippen molar-refractivity contribution in [2.45, 2.75) is 44.7 Å². The number of hydrogen-bond acceptors (Lipinski definition) is 1. The Morgan fingerprint density at radius 3 is 2.85 bits per heavy atom. The number of nitrogens with two attached hydrogens (primary N) is 1. The molecule has 0 atom stereocenters. The smallest absolute Gasteiger partial charge is 0.0429 e. The molecule has 0 bridgehead atoms. The molecule has 2 heteroatoms. The van der Waals surface area contributed by atoms with Crippen molar-refractivity contribution in [2.75, 3.05) is 0 Å². The molecular formula is C11H16N2. The third kappa shape index (κ3) is 0.923. The van der Waals surface area contributed by atoms with Crippen LogP contribution in [0.1, 0.15) is 36.2 Å². The van der Waals surface area contributed by atoms with Crippen LogP contribution in [0, 0.1) is 6.92 Å². The monoisotopic (exact) mass is 176 g/mol. The lowest BCUT2D eigenvalue weighted by Gasteiger charge is -2.09. The van der Waals surface area contributed by atoms with Gasteiger partial charge in [0.2, 0.25) is 0 Å². The molecule has 0 unspecified atom stereocenters. The van der Waals surface area contributed by atoms with E-state index in [1.807, 2.05) is 0 Å². The lowest BCUT2D eigenvalue weighted by atomic mass is 10.1. The molecule has 0 aromatic carbocycles. The molecule has 1 saturated carbocycles. The molecule has 2 heterocycles. The lowest BCUT2D eigenvalue weighted by Crippen LogP contribution is -2.19. The first-order valence-electron chi connectivity index (χ1n) is 5.19. The fraction of sp³-hybridized carbons (Fsp3) is 0.636. The molecule has 0 amide bonds. The molecule has 1 aliphatic carbocycles. The first kappa shape index (κ1) is 7.63. The highest BCUT2D eigenvalue weighted by Gasteiger charge is 2.42. The normalized spacial score (nSPS) is 23.2. The van der Waals surface area contributed by atoms with E-state index in [0.29, 0.717) is 0 Å². The van der Waals surface area contributed by atoms with Crippen molar-refractivity contribution in [3.63, 3.8) is 0 Å². The predicted octanol–water partition coefficient (Wildman–Crippen LogP) is 1.69. The Balaban J connectivity index is 2.12. The van der Waals surface area contributed by atoms with Gasteiger partial charge in [0, 0.05) is 23.5 Å². The van der Waals surface area contributed by atoms with E-state index in [1.165, 1.54) is 49.2 Å². The van der Waals surface area contributed by atoms with Crippen molar-refractivity contribution in [1.82, 2.24) is 4.57 Å². The van der Waals surface area contributed by atoms with Gasteiger partial charge in [0.1, 0.15) is 0 Å². The van der Waals surface area contributed by atoms with Gasteiger partial charge >= 0.3 is 0 Å². The van der Waals surface area contributed by atoms with E-state index >= 15 is 0 Å². The number of hydrogen-bond donors (Lipinski definition) is 1. The third-order valence-corrected chi connectivity index (χ3v) is 3.59. The molecule has 1 aromatic heterocycles. The van der Waals surface area contributed by atoms with Gasteiger partial charge in [-0.25, -0.2) is 0 Å². The van der Waals surface area contributed by atoms with Crippen LogP contribution < -0.4 is 5.73 Å². The van der Waals surface area contributed by atoms with Crippen LogP contribution in [0.15, 0.2) is 6.07 Å². The first-order chi connectivity index (χ1) is 6.21. The Kier molecular flexibility index (Phi) is 1.28. The average Bonchev–Trinajstić information content (AvgIpc) is 2.62. The van der Waals surface area contributed by atoms with Crippen molar-refractivity contribution >= 4 is 0 Å². The zero-order chi connectivity index (χ0) is 9.05. The van der Waals surface area contributed by atoms with Gasteiger partial charge in [-0.3, -0.25) is 0 Å². The van der Waals surface area contributed by atoms with Gasteiger partial charge in [-0.05, 0) is 44.2 Å². The molecule has 70 valence electrons. The van der Waals surface area contributed by atoms with E-state index in [-0.39, 0.29) is 5.54 Å². The quantitative estimate of drug-likeness (QED) is 0.693. The topological polar surface area (TPSA) is 30.9 Å². The van der Waals surface area contributed by atoms with Crippen molar-refractivity contribution in [3.8, 4) is 0 Å². The maximum atomic E-state index is 6.22. The SMILES string of the molecule is Cc1c(C2(N)CC2)cc2n1CCC2. The Hall–Kier alpha value is -0.760. The van der Waals surface area contributed by atoms with E-state index in [0.717, 1.165) is 0 Å². The van der Waals surface area contributed by atoms with Crippen LogP contribution in [0.3, 0.4) is 0 Å². The molecule has 0 radical (unpaired) electrons. The fourth-order valence-electron chi connectivity index (χ4n) is 2.55. The molecule has 2 aliphatic rings. The summed E-state index contributed by atoms with van der Waals surface area (Å²) in [6.07, 6.45) is 4.92. The van der Waals surface area contributed by atoms with Gasteiger partial charge in [-0.15, -0.1) is 0 Å². The van der Waals surface area contributed by atoms with Crippen LogP contribution in [0.5, 0.6) is 0 Å². The lowest BCUT2D eigenvalue weighted by molar-refractivity contribution is 0.688. The predicted molar refractivity (Wildman–Crippen MR) is 52.6 cm³/mol. The van der Waals surface area contributed by atoms with Gasteiger partial charge < -0.3 is 10.3 Å². The Labute approximate surface area is 78.7 Å². The van der Waals surface area contributed by atoms with Gasteiger partial charge in [0.15, 0.2) is 0 Å². The van der Waals surface area contributed by atoms with Crippen molar-refractivity contribution in [2.24, 2.45) is 5.73 Å². The van der Waals surface area contributed by atoms with Crippen molar-refractivity contribution < 1.29 is 0 Å². The molecule has 1 aromatic rings. The molecule has 0 saturated heterocycles. The highest BCUT2D eigenvalue weighted by Crippen LogP contribution is 2.45. The van der Waals surface area contributed by atoms with Crippen molar-refractivity contribution in [3.05, 3.63) is 23.0 Å². The maximum Gasteiger partial charge on any atom is 0.0429 e. The summed E-state index contributed by atoms with van der Waals surface area (Å²) in [5.41, 5.74) is 10.6. The zero-order valence-corrected chi connectivity index (χ0v) is 8.14. The van der Waals surface area contributed by atoms with E-state index in [2.05, 4.69) is 17.6 Å². The fourth-order valence-corrected chi connectivity index (χ4v) is 2.55. The summed E-state index contributed by atoms with van der Waals surface area (Å²) in [5.74, 6) is 0. The average molecular weight is 176 g/mol. The largest absolute Gasteiger partial charge is 0.349 e. The highest BCUT2D eigenvalue weighted by atomic mass is 15.0. The molecule has 1 aliphatic heterocycles. The Morgan fingerprint density at radius 2 is 2.23 bits per heavy atom. The summed E-state index contributed by atoms with van der Waals surface area (Å²) in [5, 5.41) is 0. The van der Waals surface area contributed by atoms with Gasteiger partial charge in [0.25, 0.3) is 0 Å². The molecule has 2 nitrogen and oxygen atoms in total. The van der Waals surface area contributed by atoms with Gasteiger partial charge in [0.05, 0.1) is 0 Å². The van der Waals surface area contributed by atoms with E-state index in [4.69, 9.17) is 5.73 Å². The summed E-state index contributed by atoms with van der Waals surface area (Å²) in [4.78, 5) is 0. The molecule has 13 heavy (non-hydrogen) atoms. The standard InChI is InChI=1S/C11H16N2/c1-8-10(11(12)4-5-11)7-9-3-2-6-13(8)9/h7H,2-6,12H2,1H3. The maximum absolute atomic E-state index is 6.22. The number of nitrogens with zero attached hydrogens (tertiary/aromatic N) is 1. The van der Waals surface area contributed by atoms with E-state index in [1.54, 1.807) is 0 Å². The minimum Gasteiger partial charge on any atom is -0.349 e. The minimum absolute atomic E-state index is 0.0570. The number of rotatable bonds is 1. The molecule has 0 spiro atoms. The van der Waals surface area contributed by atoms with Gasteiger partial charge in [-0.2, -0.15) is 0 Å². The van der Waals surface area contributed by atoms with Crippen LogP contribution in [0.4, 0.5) is 0 Å². The van der Waals surface area contributed by atoms with Crippen molar-refractivity contribution in [1.29, 1.82) is 0 Å². The molecule has 3 rings (SSSR count). The highest BCUT2D eigenvalue weighted by molar-refractivity contribution is 5.38. The van der Waals surface area contributed by atoms with Gasteiger partial charge in [-0.1, -0.05) is 0 Å². The number of aromatic nitrogens is 1. The first-order valence-corrected chi connectivity index (χ1v) is 5.19. The van der Waals surface area contributed by atoms with E-state index < -0.39 is 0 Å². The molecule has 2 N–H and O–H groups in total. The van der Waals surface area contributed by atoms with E-state index in [9.17, 15) is 0 Å². The third-order valence-electron chi connectivity index (χ3n) is 3.59. The summed E-state index contributed by atoms with van der Waals surface area (Å²) in [7, 11) is 0. The van der Waals surface area contributed by atoms with Crippen LogP contribution in [-0.4, -0.2) is 4.57 Å². The summed E-state index contributed by atoms with van der Waals surface area (Å²) >= 11 is 0. The van der Waals surface area contributed by atoms with Crippen LogP contribution in [-0.2, 0) is 18.5 Å². The number of fused-ring (bicyclic) bond motifs is 1. The van der Waals surface area contributed by atoms with Crippen LogP contribution >= 0.6 is 0 Å². The summed E-state index contributed by atoms with van der Waals surface area (Å²) in [6.45, 7) is 3.42. The second-order valence-corrected chi connectivity index (χ2v) is 4.55. The zero-order valence-electron chi connectivity index (χ0n) is 8.14. The van der Waals surface area contributed by atoms with Crippen LogP contribution in [0.25, 0.3) is 0 Å². The Morgan fingerprint density at radius 1 is 1.46 bits per heavy atom. The summed E-state index contributed by atoms with van der Waals surface area (Å²) < 4.78 is 2.45. The second kappa shape index (κ2) is 2.18. The second-order valence-electron chi connectivity index (χ2n) is 4.55. The molecular weight excluding hydrogens is 160 g/mol. The van der Waals surface area contributed by atoms with Crippen LogP contribution in [0.2, 0.25) is 0 Å². The minimum atomic E-state index is 0.0570. The summed E-state index contributed by atoms with van der Waals surface area (Å²) in [6, 6.07) is 2.34. The Bertz CT molecular complexity index is 358.